The van der Waals surface area contributed by atoms with Gasteiger partial charge in [0.05, 0.1) is 12.2 Å². The fraction of sp³-hybridized carbons (Fsp3) is 0.333. The first-order valence-electron chi connectivity index (χ1n) is 14.1. The number of ether oxygens (including phenoxy) is 1. The van der Waals surface area contributed by atoms with Crippen molar-refractivity contribution in [2.75, 3.05) is 25.0 Å². The minimum atomic E-state index is -0.366. The van der Waals surface area contributed by atoms with Gasteiger partial charge in [-0.2, -0.15) is 0 Å². The fourth-order valence-corrected chi connectivity index (χ4v) is 5.44. The number of carbonyl (C=O) groups excluding carboxylic acids is 2. The third-order valence-corrected chi connectivity index (χ3v) is 7.76. The molecule has 0 atom stereocenters. The van der Waals surface area contributed by atoms with Crippen LogP contribution in [0.4, 0.5) is 10.1 Å². The lowest BCUT2D eigenvalue weighted by Crippen LogP contribution is -2.37. The van der Waals surface area contributed by atoms with Gasteiger partial charge in [-0.15, -0.1) is 0 Å². The first-order valence-corrected chi connectivity index (χ1v) is 14.1. The normalized spacial score (nSPS) is 16.6. The third-order valence-electron chi connectivity index (χ3n) is 7.76. The topological polar surface area (TPSA) is 61.9 Å². The fourth-order valence-electron chi connectivity index (χ4n) is 5.44. The zero-order valence-electron chi connectivity index (χ0n) is 22.9. The van der Waals surface area contributed by atoms with Crippen molar-refractivity contribution < 1.29 is 18.7 Å². The molecule has 2 aliphatic rings. The molecule has 0 spiro atoms. The van der Waals surface area contributed by atoms with Crippen LogP contribution in [-0.2, 0) is 11.3 Å². The molecule has 40 heavy (non-hydrogen) atoms. The van der Waals surface area contributed by atoms with Gasteiger partial charge in [-0.05, 0) is 74.8 Å². The van der Waals surface area contributed by atoms with Crippen molar-refractivity contribution in [3.8, 4) is 5.75 Å². The van der Waals surface area contributed by atoms with E-state index in [-0.39, 0.29) is 29.9 Å². The number of para-hydroxylation sites is 2. The van der Waals surface area contributed by atoms with Gasteiger partial charge in [0.25, 0.3) is 11.8 Å². The predicted octanol–water partition coefficient (Wildman–Crippen LogP) is 6.18. The van der Waals surface area contributed by atoms with Gasteiger partial charge in [0.15, 0.2) is 11.5 Å². The lowest BCUT2D eigenvalue weighted by Gasteiger charge is -2.31. The molecule has 7 heteroatoms. The molecule has 1 fully saturated rings. The van der Waals surface area contributed by atoms with E-state index in [4.69, 9.17) is 4.74 Å². The zero-order chi connectivity index (χ0) is 27.9. The van der Waals surface area contributed by atoms with Gasteiger partial charge < -0.3 is 15.0 Å². The molecule has 0 aromatic heterocycles. The highest BCUT2D eigenvalue weighted by atomic mass is 19.1. The summed E-state index contributed by atoms with van der Waals surface area (Å²) in [5.74, 6) is -0.185. The number of anilines is 1. The van der Waals surface area contributed by atoms with E-state index in [0.717, 1.165) is 18.5 Å². The molecule has 6 nitrogen and oxygen atoms in total. The Hall–Kier alpha value is -3.97. The molecule has 0 radical (unpaired) electrons. The van der Waals surface area contributed by atoms with Crippen LogP contribution in [0.3, 0.4) is 0 Å². The minimum absolute atomic E-state index is 0.0821. The van der Waals surface area contributed by atoms with E-state index in [0.29, 0.717) is 35.2 Å². The Kier molecular flexibility index (Phi) is 8.91. The largest absolute Gasteiger partial charge is 0.449 e. The number of amides is 2. The first-order chi connectivity index (χ1) is 19.5. The Morgan fingerprint density at radius 1 is 1.02 bits per heavy atom. The number of hydrogen-bond donors (Lipinski definition) is 1. The quantitative estimate of drug-likeness (QED) is 0.260. The molecule has 5 rings (SSSR count). The van der Waals surface area contributed by atoms with Gasteiger partial charge in [-0.3, -0.25) is 14.5 Å². The van der Waals surface area contributed by atoms with E-state index in [1.165, 1.54) is 43.1 Å². The van der Waals surface area contributed by atoms with Crippen molar-refractivity contribution in [2.45, 2.75) is 51.1 Å². The molecule has 3 aromatic carbocycles. The number of hydrogen-bond acceptors (Lipinski definition) is 4. The van der Waals surface area contributed by atoms with E-state index < -0.39 is 0 Å². The van der Waals surface area contributed by atoms with Crippen LogP contribution in [0.1, 0.15) is 60.0 Å². The average Bonchev–Trinajstić information content (AvgIpc) is 2.99. The monoisotopic (exact) mass is 541 g/mol. The van der Waals surface area contributed by atoms with E-state index in [2.05, 4.69) is 17.3 Å². The minimum Gasteiger partial charge on any atom is -0.449 e. The summed E-state index contributed by atoms with van der Waals surface area (Å²) < 4.78 is 20.3. The zero-order valence-corrected chi connectivity index (χ0v) is 22.9. The lowest BCUT2D eigenvalue weighted by atomic mass is 9.94. The van der Waals surface area contributed by atoms with Crippen LogP contribution >= 0.6 is 0 Å². The van der Waals surface area contributed by atoms with Crippen molar-refractivity contribution in [1.82, 2.24) is 10.2 Å². The number of benzene rings is 3. The highest BCUT2D eigenvalue weighted by Crippen LogP contribution is 2.36. The Morgan fingerprint density at radius 2 is 1.75 bits per heavy atom. The molecular formula is C33H36FN3O3. The summed E-state index contributed by atoms with van der Waals surface area (Å²) in [4.78, 5) is 30.0. The maximum Gasteiger partial charge on any atom is 0.294 e. The van der Waals surface area contributed by atoms with E-state index >= 15 is 0 Å². The molecular weight excluding hydrogens is 505 g/mol. The molecule has 1 saturated carbocycles. The molecule has 0 saturated heterocycles. The van der Waals surface area contributed by atoms with Gasteiger partial charge in [-0.25, -0.2) is 4.39 Å². The van der Waals surface area contributed by atoms with E-state index in [1.54, 1.807) is 60.7 Å². The van der Waals surface area contributed by atoms with Crippen molar-refractivity contribution in [2.24, 2.45) is 0 Å². The SMILES string of the molecule is CN(CCCNC(=O)c1ccc(C=C2Oc3ccccc3N(Cc3ccccc3F)C2=O)cc1)C1CCCCC1. The smallest absolute Gasteiger partial charge is 0.294 e. The number of nitrogens with zero attached hydrogens (tertiary/aromatic N) is 2. The van der Waals surface area contributed by atoms with Gasteiger partial charge in [-0.1, -0.05) is 61.7 Å². The van der Waals surface area contributed by atoms with Crippen molar-refractivity contribution in [3.05, 3.63) is 101 Å². The van der Waals surface area contributed by atoms with Gasteiger partial charge >= 0.3 is 0 Å². The third kappa shape index (κ3) is 6.59. The lowest BCUT2D eigenvalue weighted by molar-refractivity contribution is -0.117. The summed E-state index contributed by atoms with van der Waals surface area (Å²) in [6, 6.07) is 21.4. The van der Waals surface area contributed by atoms with Gasteiger partial charge in [0, 0.05) is 23.7 Å². The Labute approximate surface area is 235 Å². The summed E-state index contributed by atoms with van der Waals surface area (Å²) in [6.45, 7) is 1.68. The van der Waals surface area contributed by atoms with Crippen LogP contribution < -0.4 is 15.0 Å². The molecule has 2 amide bonds. The van der Waals surface area contributed by atoms with E-state index in [1.807, 2.05) is 12.1 Å². The number of halogens is 1. The summed E-state index contributed by atoms with van der Waals surface area (Å²) in [7, 11) is 2.18. The maximum atomic E-state index is 14.4. The molecule has 0 unspecified atom stereocenters. The van der Waals surface area contributed by atoms with Crippen LogP contribution in [0.2, 0.25) is 0 Å². The molecule has 3 aromatic rings. The van der Waals surface area contributed by atoms with Crippen LogP contribution in [0, 0.1) is 5.82 Å². The summed E-state index contributed by atoms with van der Waals surface area (Å²) in [5, 5.41) is 3.01. The molecule has 1 aliphatic heterocycles. The number of carbonyl (C=O) groups is 2. The number of rotatable bonds is 9. The second kappa shape index (κ2) is 12.9. The summed E-state index contributed by atoms with van der Waals surface area (Å²) in [5.41, 5.74) is 2.29. The molecule has 0 bridgehead atoms. The maximum absolute atomic E-state index is 14.4. The van der Waals surface area contributed by atoms with Crippen LogP contribution in [0.25, 0.3) is 6.08 Å². The van der Waals surface area contributed by atoms with Gasteiger partial charge in [0.1, 0.15) is 5.82 Å². The summed E-state index contributed by atoms with van der Waals surface area (Å²) in [6.07, 6.45) is 9.09. The second-order valence-electron chi connectivity index (χ2n) is 10.6. The highest BCUT2D eigenvalue weighted by Gasteiger charge is 2.30. The first kappa shape index (κ1) is 27.6. The second-order valence-corrected chi connectivity index (χ2v) is 10.6. The molecule has 1 heterocycles. The standard InChI is InChI=1S/C33H36FN3O3/c1-36(27-11-3-2-4-12-27)21-9-20-35-32(38)25-18-16-24(17-19-25)22-31-33(39)37(23-26-10-5-6-13-28(26)34)29-14-7-8-15-30(29)40-31/h5-8,10,13-19,22,27H,2-4,9,11-12,20-21,23H2,1H3,(H,35,38). The Balaban J connectivity index is 1.21. The summed E-state index contributed by atoms with van der Waals surface area (Å²) >= 11 is 0. The Bertz CT molecular complexity index is 1370. The molecule has 1 N–H and O–H groups in total. The highest BCUT2D eigenvalue weighted by molar-refractivity contribution is 6.09. The van der Waals surface area contributed by atoms with Crippen LogP contribution in [0.5, 0.6) is 5.75 Å². The number of nitrogens with one attached hydrogen (secondary N) is 1. The van der Waals surface area contributed by atoms with Crippen LogP contribution in [0.15, 0.2) is 78.6 Å². The predicted molar refractivity (Wildman–Crippen MR) is 156 cm³/mol. The Morgan fingerprint density at radius 3 is 2.52 bits per heavy atom. The van der Waals surface area contributed by atoms with Crippen molar-refractivity contribution >= 4 is 23.6 Å². The molecule has 208 valence electrons. The number of fused-ring (bicyclic) bond motifs is 1. The van der Waals surface area contributed by atoms with Gasteiger partial charge in [0.2, 0.25) is 0 Å². The van der Waals surface area contributed by atoms with Crippen molar-refractivity contribution in [3.63, 3.8) is 0 Å². The van der Waals surface area contributed by atoms with E-state index in [9.17, 15) is 14.0 Å². The van der Waals surface area contributed by atoms with Crippen molar-refractivity contribution in [1.29, 1.82) is 0 Å². The average molecular weight is 542 g/mol. The van der Waals surface area contributed by atoms with Crippen LogP contribution in [-0.4, -0.2) is 42.9 Å². The molecule has 1 aliphatic carbocycles.